The number of aromatic nitrogens is 2. The highest BCUT2D eigenvalue weighted by molar-refractivity contribution is 7.89. The van der Waals surface area contributed by atoms with Gasteiger partial charge in [-0.05, 0) is 18.2 Å². The molecule has 1 aliphatic heterocycles. The van der Waals surface area contributed by atoms with Gasteiger partial charge in [0.25, 0.3) is 5.91 Å². The van der Waals surface area contributed by atoms with Crippen molar-refractivity contribution in [3.8, 4) is 11.4 Å². The van der Waals surface area contributed by atoms with Crippen molar-refractivity contribution in [3.63, 3.8) is 0 Å². The van der Waals surface area contributed by atoms with Gasteiger partial charge >= 0.3 is 0 Å². The van der Waals surface area contributed by atoms with Crippen molar-refractivity contribution in [2.24, 2.45) is 0 Å². The predicted molar refractivity (Wildman–Crippen MR) is 108 cm³/mol. The number of hydrogen-bond acceptors (Lipinski definition) is 5. The first-order valence-corrected chi connectivity index (χ1v) is 10.9. The largest absolute Gasteiger partial charge is 0.336 e. The molecule has 160 valence electrons. The van der Waals surface area contributed by atoms with E-state index in [-0.39, 0.29) is 37.6 Å². The maximum atomic E-state index is 14.0. The van der Waals surface area contributed by atoms with Crippen molar-refractivity contribution in [1.82, 2.24) is 19.2 Å². The number of halogens is 2. The Hall–Kier alpha value is -3.24. The van der Waals surface area contributed by atoms with Crippen LogP contribution in [0.5, 0.6) is 0 Å². The molecule has 7 nitrogen and oxygen atoms in total. The van der Waals surface area contributed by atoms with Crippen LogP contribution < -0.4 is 0 Å². The molecule has 0 spiro atoms. The number of nitrogens with zero attached hydrogens (tertiary/aromatic N) is 4. The van der Waals surface area contributed by atoms with Crippen molar-refractivity contribution in [1.29, 1.82) is 0 Å². The lowest BCUT2D eigenvalue weighted by Crippen LogP contribution is -2.50. The van der Waals surface area contributed by atoms with Crippen LogP contribution in [0.2, 0.25) is 0 Å². The first kappa shape index (κ1) is 21.0. The highest BCUT2D eigenvalue weighted by Crippen LogP contribution is 2.22. The second-order valence-corrected chi connectivity index (χ2v) is 8.84. The van der Waals surface area contributed by atoms with E-state index in [2.05, 4.69) is 9.97 Å². The molecule has 0 radical (unpaired) electrons. The van der Waals surface area contributed by atoms with Gasteiger partial charge in [-0.1, -0.05) is 30.3 Å². The molecule has 1 aliphatic rings. The lowest BCUT2D eigenvalue weighted by molar-refractivity contribution is 0.0697. The van der Waals surface area contributed by atoms with Crippen molar-refractivity contribution in [2.45, 2.75) is 4.90 Å². The molecule has 1 fully saturated rings. The molecule has 0 aliphatic carbocycles. The number of carbonyl (C=O) groups is 1. The maximum absolute atomic E-state index is 14.0. The van der Waals surface area contributed by atoms with E-state index in [9.17, 15) is 22.0 Å². The summed E-state index contributed by atoms with van der Waals surface area (Å²) in [5, 5.41) is 0. The Morgan fingerprint density at radius 3 is 2.19 bits per heavy atom. The molecule has 1 saturated heterocycles. The van der Waals surface area contributed by atoms with Crippen LogP contribution in [0, 0.1) is 11.6 Å². The monoisotopic (exact) mass is 444 g/mol. The van der Waals surface area contributed by atoms with E-state index >= 15 is 0 Å². The lowest BCUT2D eigenvalue weighted by Gasteiger charge is -2.34. The summed E-state index contributed by atoms with van der Waals surface area (Å²) in [6.07, 6.45) is 2.87. The van der Waals surface area contributed by atoms with Gasteiger partial charge < -0.3 is 4.90 Å². The highest BCUT2D eigenvalue weighted by Gasteiger charge is 2.32. The molecule has 2 aromatic carbocycles. The Morgan fingerprint density at radius 1 is 0.903 bits per heavy atom. The molecule has 0 saturated carbocycles. The minimum absolute atomic E-state index is 0.0347. The molecular weight excluding hydrogens is 426 g/mol. The van der Waals surface area contributed by atoms with Gasteiger partial charge in [-0.15, -0.1) is 0 Å². The summed E-state index contributed by atoms with van der Waals surface area (Å²) in [7, 11) is -4.21. The molecule has 0 atom stereocenters. The Morgan fingerprint density at radius 2 is 1.55 bits per heavy atom. The van der Waals surface area contributed by atoms with Gasteiger partial charge in [-0.2, -0.15) is 4.31 Å². The van der Waals surface area contributed by atoms with Gasteiger partial charge in [-0.25, -0.2) is 27.2 Å². The summed E-state index contributed by atoms with van der Waals surface area (Å²) in [6, 6.07) is 11.6. The van der Waals surface area contributed by atoms with E-state index in [1.54, 1.807) is 0 Å². The van der Waals surface area contributed by atoms with Crippen LogP contribution >= 0.6 is 0 Å². The molecule has 1 amide bonds. The SMILES string of the molecule is O=C(c1cnc(-c2ccccc2)nc1)N1CCN(S(=O)(=O)c2cc(F)ccc2F)CC1. The summed E-state index contributed by atoms with van der Waals surface area (Å²) >= 11 is 0. The summed E-state index contributed by atoms with van der Waals surface area (Å²) in [4.78, 5) is 22.0. The zero-order valence-corrected chi connectivity index (χ0v) is 17.1. The van der Waals surface area contributed by atoms with Gasteiger partial charge in [0.2, 0.25) is 10.0 Å². The van der Waals surface area contributed by atoms with E-state index in [1.165, 1.54) is 17.3 Å². The van der Waals surface area contributed by atoms with Crippen LogP contribution in [0.15, 0.2) is 65.8 Å². The molecule has 1 aromatic heterocycles. The van der Waals surface area contributed by atoms with E-state index in [1.807, 2.05) is 30.3 Å². The zero-order chi connectivity index (χ0) is 22.0. The first-order valence-electron chi connectivity index (χ1n) is 9.48. The smallest absolute Gasteiger partial charge is 0.257 e. The average molecular weight is 444 g/mol. The Balaban J connectivity index is 1.44. The standard InChI is InChI=1S/C21H18F2N4O3S/c22-17-6-7-18(23)19(12-17)31(29,30)27-10-8-26(9-11-27)21(28)16-13-24-20(25-14-16)15-4-2-1-3-5-15/h1-7,12-14H,8-11H2. The average Bonchev–Trinajstić information content (AvgIpc) is 2.81. The van der Waals surface area contributed by atoms with Crippen LogP contribution in [0.25, 0.3) is 11.4 Å². The summed E-state index contributed by atoms with van der Waals surface area (Å²) in [6.45, 7) is 0.144. The maximum Gasteiger partial charge on any atom is 0.257 e. The van der Waals surface area contributed by atoms with Crippen LogP contribution in [-0.2, 0) is 10.0 Å². The van der Waals surface area contributed by atoms with Gasteiger partial charge in [0.1, 0.15) is 16.5 Å². The molecule has 10 heteroatoms. The Bertz CT molecular complexity index is 1200. The van der Waals surface area contributed by atoms with Crippen molar-refractivity contribution in [3.05, 3.63) is 78.1 Å². The first-order chi connectivity index (χ1) is 14.9. The number of sulfonamides is 1. The number of hydrogen-bond donors (Lipinski definition) is 0. The number of amides is 1. The number of benzene rings is 2. The molecule has 3 aromatic rings. The summed E-state index contributed by atoms with van der Waals surface area (Å²) < 4.78 is 53.8. The zero-order valence-electron chi connectivity index (χ0n) is 16.3. The fourth-order valence-corrected chi connectivity index (χ4v) is 4.80. The summed E-state index contributed by atoms with van der Waals surface area (Å²) in [5.74, 6) is -1.69. The Labute approximate surface area is 178 Å². The quantitative estimate of drug-likeness (QED) is 0.618. The van der Waals surface area contributed by atoms with Gasteiger partial charge in [0.15, 0.2) is 5.82 Å². The third-order valence-electron chi connectivity index (χ3n) is 4.97. The van der Waals surface area contributed by atoms with Crippen molar-refractivity contribution >= 4 is 15.9 Å². The minimum Gasteiger partial charge on any atom is -0.336 e. The van der Waals surface area contributed by atoms with Crippen LogP contribution in [0.1, 0.15) is 10.4 Å². The molecule has 0 bridgehead atoms. The highest BCUT2D eigenvalue weighted by atomic mass is 32.2. The van der Waals surface area contributed by atoms with Gasteiger partial charge in [-0.3, -0.25) is 4.79 Å². The molecule has 0 unspecified atom stereocenters. The fraction of sp³-hybridized carbons (Fsp3) is 0.190. The van der Waals surface area contributed by atoms with E-state index in [0.717, 1.165) is 22.0 Å². The molecule has 31 heavy (non-hydrogen) atoms. The van der Waals surface area contributed by atoms with E-state index < -0.39 is 26.6 Å². The second kappa shape index (κ2) is 8.48. The molecular formula is C21H18F2N4O3S. The van der Waals surface area contributed by atoms with Crippen molar-refractivity contribution < 1.29 is 22.0 Å². The van der Waals surface area contributed by atoms with Crippen LogP contribution in [0.4, 0.5) is 8.78 Å². The van der Waals surface area contributed by atoms with Crippen LogP contribution in [-0.4, -0.2) is 59.7 Å². The third kappa shape index (κ3) is 4.30. The number of rotatable bonds is 4. The van der Waals surface area contributed by atoms with E-state index in [0.29, 0.717) is 11.9 Å². The summed E-state index contributed by atoms with van der Waals surface area (Å²) in [5.41, 5.74) is 1.11. The van der Waals surface area contributed by atoms with Gasteiger partial charge in [0, 0.05) is 44.1 Å². The fourth-order valence-electron chi connectivity index (χ4n) is 3.30. The molecule has 4 rings (SSSR count). The molecule has 2 heterocycles. The molecule has 0 N–H and O–H groups in total. The van der Waals surface area contributed by atoms with Gasteiger partial charge in [0.05, 0.1) is 5.56 Å². The van der Waals surface area contributed by atoms with Crippen molar-refractivity contribution in [2.75, 3.05) is 26.2 Å². The second-order valence-electron chi connectivity index (χ2n) is 6.93. The lowest BCUT2D eigenvalue weighted by atomic mass is 10.2. The predicted octanol–water partition coefficient (Wildman–Crippen LogP) is 2.57. The van der Waals surface area contributed by atoms with E-state index in [4.69, 9.17) is 0 Å². The number of carbonyl (C=O) groups excluding carboxylic acids is 1. The normalized spacial score (nSPS) is 15.1. The Kier molecular flexibility index (Phi) is 5.75. The minimum atomic E-state index is -4.21. The topological polar surface area (TPSA) is 83.5 Å². The van der Waals surface area contributed by atoms with Crippen LogP contribution in [0.3, 0.4) is 0 Å². The third-order valence-corrected chi connectivity index (χ3v) is 6.88. The number of piperazine rings is 1.